The van der Waals surface area contributed by atoms with E-state index in [0.29, 0.717) is 5.92 Å². The number of ether oxygens (including phenoxy) is 1. The van der Waals surface area contributed by atoms with Crippen molar-refractivity contribution >= 4 is 0 Å². The minimum absolute atomic E-state index is 0.682. The average molecular weight is 169 g/mol. The first-order chi connectivity index (χ1) is 5.79. The first kappa shape index (κ1) is 8.52. The first-order valence-corrected chi connectivity index (χ1v) is 5.07. The van der Waals surface area contributed by atoms with E-state index in [2.05, 4.69) is 19.2 Å². The molecule has 2 unspecified atom stereocenters. The molecule has 1 aliphatic carbocycles. The van der Waals surface area contributed by atoms with Gasteiger partial charge in [-0.1, -0.05) is 13.8 Å². The van der Waals surface area contributed by atoms with Crippen LogP contribution in [0.15, 0.2) is 0 Å². The lowest BCUT2D eigenvalue weighted by atomic mass is 10.2. The Kier molecular flexibility index (Phi) is 2.37. The molecule has 2 heteroatoms. The Morgan fingerprint density at radius 1 is 1.33 bits per heavy atom. The van der Waals surface area contributed by atoms with Crippen LogP contribution in [0, 0.1) is 23.7 Å². The van der Waals surface area contributed by atoms with Gasteiger partial charge in [0.2, 0.25) is 0 Å². The minimum Gasteiger partial charge on any atom is -0.381 e. The largest absolute Gasteiger partial charge is 0.381 e. The Balaban J connectivity index is 1.58. The molecule has 1 saturated heterocycles. The molecule has 1 saturated carbocycles. The van der Waals surface area contributed by atoms with Gasteiger partial charge in [0.25, 0.3) is 0 Å². The molecule has 0 aromatic rings. The van der Waals surface area contributed by atoms with Crippen LogP contribution in [0.1, 0.15) is 13.8 Å². The summed E-state index contributed by atoms with van der Waals surface area (Å²) in [4.78, 5) is 0. The van der Waals surface area contributed by atoms with Crippen molar-refractivity contribution < 1.29 is 4.74 Å². The third kappa shape index (κ3) is 1.64. The second kappa shape index (κ2) is 3.35. The van der Waals surface area contributed by atoms with E-state index in [9.17, 15) is 0 Å². The first-order valence-electron chi connectivity index (χ1n) is 5.07. The van der Waals surface area contributed by atoms with E-state index in [4.69, 9.17) is 4.74 Å². The Bertz CT molecular complexity index is 148. The lowest BCUT2D eigenvalue weighted by Gasteiger charge is -2.07. The van der Waals surface area contributed by atoms with Crippen LogP contribution in [-0.2, 0) is 4.74 Å². The van der Waals surface area contributed by atoms with E-state index in [-0.39, 0.29) is 0 Å². The van der Waals surface area contributed by atoms with Crippen molar-refractivity contribution in [2.24, 2.45) is 23.7 Å². The second-order valence-corrected chi connectivity index (χ2v) is 4.58. The standard InChI is InChI=1S/C10H19NO/c1-7(2)5-12-6-10-8-3-11-4-9(8)10/h7-11H,3-6H2,1-2H3. The highest BCUT2D eigenvalue weighted by Crippen LogP contribution is 2.48. The number of hydrogen-bond acceptors (Lipinski definition) is 2. The molecule has 70 valence electrons. The highest BCUT2D eigenvalue weighted by atomic mass is 16.5. The van der Waals surface area contributed by atoms with E-state index in [0.717, 1.165) is 31.0 Å². The summed E-state index contributed by atoms with van der Waals surface area (Å²) in [6.07, 6.45) is 0. The minimum atomic E-state index is 0.682. The SMILES string of the molecule is CC(C)COCC1C2CNCC21. The fraction of sp³-hybridized carbons (Fsp3) is 1.00. The van der Waals surface area contributed by atoms with Crippen molar-refractivity contribution in [3.63, 3.8) is 0 Å². The molecule has 0 radical (unpaired) electrons. The van der Waals surface area contributed by atoms with Crippen LogP contribution in [0.5, 0.6) is 0 Å². The molecule has 1 heterocycles. The van der Waals surface area contributed by atoms with E-state index >= 15 is 0 Å². The molecule has 1 aliphatic heterocycles. The third-order valence-corrected chi connectivity index (χ3v) is 3.03. The number of rotatable bonds is 4. The van der Waals surface area contributed by atoms with Gasteiger partial charge in [-0.15, -0.1) is 0 Å². The van der Waals surface area contributed by atoms with Gasteiger partial charge in [-0.2, -0.15) is 0 Å². The molecule has 2 rings (SSSR count). The monoisotopic (exact) mass is 169 g/mol. The van der Waals surface area contributed by atoms with Gasteiger partial charge in [0.05, 0.1) is 6.61 Å². The van der Waals surface area contributed by atoms with Crippen molar-refractivity contribution in [1.82, 2.24) is 5.32 Å². The molecule has 0 bridgehead atoms. The van der Waals surface area contributed by atoms with Gasteiger partial charge in [0, 0.05) is 6.61 Å². The maximum absolute atomic E-state index is 5.63. The fourth-order valence-electron chi connectivity index (χ4n) is 2.23. The van der Waals surface area contributed by atoms with Crippen molar-refractivity contribution in [1.29, 1.82) is 0 Å². The van der Waals surface area contributed by atoms with Crippen molar-refractivity contribution in [2.75, 3.05) is 26.3 Å². The normalized spacial score (nSPS) is 38.8. The lowest BCUT2D eigenvalue weighted by Crippen LogP contribution is -2.17. The smallest absolute Gasteiger partial charge is 0.0500 e. The summed E-state index contributed by atoms with van der Waals surface area (Å²) in [6, 6.07) is 0. The zero-order valence-electron chi connectivity index (χ0n) is 8.05. The number of nitrogens with one attached hydrogen (secondary N) is 1. The predicted molar refractivity (Wildman–Crippen MR) is 49.0 cm³/mol. The van der Waals surface area contributed by atoms with Gasteiger partial charge < -0.3 is 10.1 Å². The van der Waals surface area contributed by atoms with Crippen molar-refractivity contribution in [3.05, 3.63) is 0 Å². The summed E-state index contributed by atoms with van der Waals surface area (Å²) in [7, 11) is 0. The maximum atomic E-state index is 5.63. The fourth-order valence-corrected chi connectivity index (χ4v) is 2.23. The molecule has 1 N–H and O–H groups in total. The summed E-state index contributed by atoms with van der Waals surface area (Å²) >= 11 is 0. The number of piperidine rings is 1. The summed E-state index contributed by atoms with van der Waals surface area (Å²) in [5, 5.41) is 3.40. The van der Waals surface area contributed by atoms with Gasteiger partial charge in [0.1, 0.15) is 0 Å². The molecule has 0 aromatic heterocycles. The Labute approximate surface area is 74.7 Å². The number of hydrogen-bond donors (Lipinski definition) is 1. The summed E-state index contributed by atoms with van der Waals surface area (Å²) in [6.45, 7) is 8.82. The summed E-state index contributed by atoms with van der Waals surface area (Å²) in [5.74, 6) is 3.49. The predicted octanol–water partition coefficient (Wildman–Crippen LogP) is 1.12. The molecule has 0 amide bonds. The van der Waals surface area contributed by atoms with Crippen LogP contribution in [-0.4, -0.2) is 26.3 Å². The summed E-state index contributed by atoms with van der Waals surface area (Å²) in [5.41, 5.74) is 0. The van der Waals surface area contributed by atoms with Crippen molar-refractivity contribution in [2.45, 2.75) is 13.8 Å². The topological polar surface area (TPSA) is 21.3 Å². The molecule has 2 fully saturated rings. The number of fused-ring (bicyclic) bond motifs is 1. The van der Waals surface area contributed by atoms with Crippen LogP contribution in [0.2, 0.25) is 0 Å². The Morgan fingerprint density at radius 2 is 2.00 bits per heavy atom. The van der Waals surface area contributed by atoms with Crippen LogP contribution in [0.3, 0.4) is 0 Å². The van der Waals surface area contributed by atoms with E-state index in [1.807, 2.05) is 0 Å². The van der Waals surface area contributed by atoms with Crippen molar-refractivity contribution in [3.8, 4) is 0 Å². The Hall–Kier alpha value is -0.0800. The van der Waals surface area contributed by atoms with Crippen LogP contribution >= 0.6 is 0 Å². The molecule has 0 spiro atoms. The third-order valence-electron chi connectivity index (χ3n) is 3.03. The van der Waals surface area contributed by atoms with Gasteiger partial charge in [-0.25, -0.2) is 0 Å². The van der Waals surface area contributed by atoms with Gasteiger partial charge >= 0.3 is 0 Å². The van der Waals surface area contributed by atoms with Gasteiger partial charge in [-0.05, 0) is 36.8 Å². The van der Waals surface area contributed by atoms with Gasteiger partial charge in [0.15, 0.2) is 0 Å². The quantitative estimate of drug-likeness (QED) is 0.681. The molecule has 12 heavy (non-hydrogen) atoms. The molecule has 0 aromatic carbocycles. The highest BCUT2D eigenvalue weighted by molar-refractivity contribution is 5.03. The summed E-state index contributed by atoms with van der Waals surface area (Å²) < 4.78 is 5.63. The van der Waals surface area contributed by atoms with Gasteiger partial charge in [-0.3, -0.25) is 0 Å². The maximum Gasteiger partial charge on any atom is 0.0500 e. The zero-order valence-corrected chi connectivity index (χ0v) is 8.05. The van der Waals surface area contributed by atoms with E-state index < -0.39 is 0 Å². The molecule has 2 atom stereocenters. The molecule has 2 aliphatic rings. The van der Waals surface area contributed by atoms with E-state index in [1.54, 1.807) is 0 Å². The Morgan fingerprint density at radius 3 is 2.58 bits per heavy atom. The second-order valence-electron chi connectivity index (χ2n) is 4.58. The lowest BCUT2D eigenvalue weighted by molar-refractivity contribution is 0.0944. The van der Waals surface area contributed by atoms with Crippen LogP contribution < -0.4 is 5.32 Å². The molecular weight excluding hydrogens is 150 g/mol. The van der Waals surface area contributed by atoms with E-state index in [1.165, 1.54) is 13.1 Å². The highest BCUT2D eigenvalue weighted by Gasteiger charge is 2.52. The van der Waals surface area contributed by atoms with Crippen LogP contribution in [0.25, 0.3) is 0 Å². The molecular formula is C10H19NO. The average Bonchev–Trinajstić information content (AvgIpc) is 2.49. The zero-order chi connectivity index (χ0) is 8.55. The molecule has 2 nitrogen and oxygen atoms in total. The van der Waals surface area contributed by atoms with Crippen LogP contribution in [0.4, 0.5) is 0 Å².